The number of ether oxygens (including phenoxy) is 1. The topological polar surface area (TPSA) is 68.8 Å². The molecule has 28 heavy (non-hydrogen) atoms. The maximum Gasteiger partial charge on any atom is 0.220 e. The van der Waals surface area contributed by atoms with Gasteiger partial charge in [-0.3, -0.25) is 4.79 Å². The van der Waals surface area contributed by atoms with Crippen LogP contribution >= 0.6 is 0 Å². The molecule has 1 amide bonds. The normalized spacial score (nSPS) is 26.5. The van der Waals surface area contributed by atoms with E-state index in [9.17, 15) is 4.79 Å². The summed E-state index contributed by atoms with van der Waals surface area (Å²) in [5, 5.41) is 7.26. The van der Waals surface area contributed by atoms with Crippen LogP contribution in [0, 0.1) is 13.8 Å². The summed E-state index contributed by atoms with van der Waals surface area (Å²) in [7, 11) is 2.23. The van der Waals surface area contributed by atoms with Gasteiger partial charge in [0.1, 0.15) is 17.1 Å². The van der Waals surface area contributed by atoms with Gasteiger partial charge in [0.25, 0.3) is 0 Å². The summed E-state index contributed by atoms with van der Waals surface area (Å²) >= 11 is 0. The van der Waals surface area contributed by atoms with Crippen LogP contribution in [0.4, 0.5) is 0 Å². The van der Waals surface area contributed by atoms with Crippen molar-refractivity contribution in [3.05, 3.63) is 46.8 Å². The van der Waals surface area contributed by atoms with Crippen molar-refractivity contribution >= 4 is 5.91 Å². The number of aryl methyl sites for hydroxylation is 2. The predicted molar refractivity (Wildman–Crippen MR) is 105 cm³/mol. The summed E-state index contributed by atoms with van der Waals surface area (Å²) in [6.45, 7) is 6.03. The van der Waals surface area contributed by atoms with E-state index in [0.717, 1.165) is 60.7 Å². The van der Waals surface area contributed by atoms with Crippen molar-refractivity contribution in [2.24, 2.45) is 0 Å². The smallest absolute Gasteiger partial charge is 0.220 e. The van der Waals surface area contributed by atoms with Gasteiger partial charge in [-0.05, 0) is 26.3 Å². The fourth-order valence-electron chi connectivity index (χ4n) is 4.55. The number of fused-ring (bicyclic) bond motifs is 1. The van der Waals surface area contributed by atoms with E-state index in [-0.39, 0.29) is 17.6 Å². The number of aromatic nitrogens is 1. The minimum atomic E-state index is -0.159. The molecule has 1 atom stereocenters. The Morgan fingerprint density at radius 1 is 1.29 bits per heavy atom. The van der Waals surface area contributed by atoms with Crippen molar-refractivity contribution in [1.29, 1.82) is 0 Å². The van der Waals surface area contributed by atoms with Crippen LogP contribution in [0.5, 0.6) is 5.75 Å². The maximum absolute atomic E-state index is 12.8. The highest BCUT2D eigenvalue weighted by Crippen LogP contribution is 2.43. The first kappa shape index (κ1) is 19.0. The van der Waals surface area contributed by atoms with Crippen LogP contribution in [0.2, 0.25) is 0 Å². The van der Waals surface area contributed by atoms with Crippen molar-refractivity contribution < 1.29 is 19.0 Å². The number of likely N-dealkylation sites (tertiary alicyclic amines) is 1. The SMILES string of the molecule is Cc1noc(C)c1CCC(=O)N[C@@H]1CC2(CC[NH+](C)CC2)Oc2ccccc21. The molecule has 1 aromatic heterocycles. The molecule has 0 aliphatic carbocycles. The number of amides is 1. The first-order valence-corrected chi connectivity index (χ1v) is 10.3. The molecular weight excluding hydrogens is 354 g/mol. The van der Waals surface area contributed by atoms with E-state index < -0.39 is 0 Å². The number of rotatable bonds is 4. The van der Waals surface area contributed by atoms with E-state index in [1.165, 1.54) is 0 Å². The molecule has 2 aliphatic rings. The molecule has 0 bridgehead atoms. The van der Waals surface area contributed by atoms with Crippen LogP contribution in [0.1, 0.15) is 54.3 Å². The van der Waals surface area contributed by atoms with Gasteiger partial charge in [0, 0.05) is 36.8 Å². The summed E-state index contributed by atoms with van der Waals surface area (Å²) in [5.41, 5.74) is 2.84. The summed E-state index contributed by atoms with van der Waals surface area (Å²) in [4.78, 5) is 14.3. The lowest BCUT2D eigenvalue weighted by atomic mass is 9.80. The van der Waals surface area contributed by atoms with E-state index in [2.05, 4.69) is 23.6 Å². The zero-order valence-corrected chi connectivity index (χ0v) is 17.0. The second-order valence-corrected chi connectivity index (χ2v) is 8.41. The van der Waals surface area contributed by atoms with E-state index in [1.54, 1.807) is 4.90 Å². The van der Waals surface area contributed by atoms with Crippen molar-refractivity contribution in [2.75, 3.05) is 20.1 Å². The minimum absolute atomic E-state index is 0.000486. The number of hydrogen-bond donors (Lipinski definition) is 2. The zero-order chi connectivity index (χ0) is 19.7. The molecule has 6 nitrogen and oxygen atoms in total. The van der Waals surface area contributed by atoms with Gasteiger partial charge < -0.3 is 19.5 Å². The third-order valence-corrected chi connectivity index (χ3v) is 6.33. The number of hydrogen-bond acceptors (Lipinski definition) is 4. The summed E-state index contributed by atoms with van der Waals surface area (Å²) in [5.74, 6) is 1.79. The molecule has 0 unspecified atom stereocenters. The first-order valence-electron chi connectivity index (χ1n) is 10.3. The van der Waals surface area contributed by atoms with Crippen molar-refractivity contribution in [3.8, 4) is 5.75 Å². The number of carbonyl (C=O) groups is 1. The molecule has 1 aromatic carbocycles. The second-order valence-electron chi connectivity index (χ2n) is 8.41. The highest BCUT2D eigenvalue weighted by molar-refractivity contribution is 5.77. The van der Waals surface area contributed by atoms with Crippen molar-refractivity contribution in [3.63, 3.8) is 0 Å². The third-order valence-electron chi connectivity index (χ3n) is 6.33. The quantitative estimate of drug-likeness (QED) is 0.845. The Morgan fingerprint density at radius 2 is 2.04 bits per heavy atom. The molecule has 6 heteroatoms. The number of nitrogens with one attached hydrogen (secondary N) is 2. The number of benzene rings is 1. The van der Waals surface area contributed by atoms with Crippen LogP contribution in [0.3, 0.4) is 0 Å². The first-order chi connectivity index (χ1) is 13.5. The van der Waals surface area contributed by atoms with Crippen LogP contribution in [-0.2, 0) is 11.2 Å². The molecule has 0 saturated carbocycles. The van der Waals surface area contributed by atoms with E-state index in [4.69, 9.17) is 9.26 Å². The van der Waals surface area contributed by atoms with Gasteiger partial charge in [-0.25, -0.2) is 0 Å². The van der Waals surface area contributed by atoms with Crippen LogP contribution < -0.4 is 15.0 Å². The summed E-state index contributed by atoms with van der Waals surface area (Å²) in [6.07, 6.45) is 3.98. The molecule has 2 aromatic rings. The lowest BCUT2D eigenvalue weighted by Crippen LogP contribution is -3.10. The van der Waals surface area contributed by atoms with E-state index in [1.807, 2.05) is 32.0 Å². The fourth-order valence-corrected chi connectivity index (χ4v) is 4.55. The average Bonchev–Trinajstić information content (AvgIpc) is 3.00. The maximum atomic E-state index is 12.8. The van der Waals surface area contributed by atoms with Crippen LogP contribution in [-0.4, -0.2) is 36.8 Å². The molecular formula is C22H30N3O3+. The number of para-hydroxylation sites is 1. The minimum Gasteiger partial charge on any atom is -0.486 e. The average molecular weight is 385 g/mol. The van der Waals surface area contributed by atoms with Gasteiger partial charge in [-0.2, -0.15) is 0 Å². The van der Waals surface area contributed by atoms with E-state index >= 15 is 0 Å². The molecule has 3 heterocycles. The second kappa shape index (κ2) is 7.59. The number of carbonyl (C=O) groups excluding carboxylic acids is 1. The largest absolute Gasteiger partial charge is 0.486 e. The molecule has 1 fully saturated rings. The van der Waals surface area contributed by atoms with Gasteiger partial charge in [-0.1, -0.05) is 23.4 Å². The highest BCUT2D eigenvalue weighted by atomic mass is 16.5. The van der Waals surface area contributed by atoms with Gasteiger partial charge in [0.05, 0.1) is 31.9 Å². The highest BCUT2D eigenvalue weighted by Gasteiger charge is 2.44. The Balaban J connectivity index is 1.47. The van der Waals surface area contributed by atoms with E-state index in [0.29, 0.717) is 12.8 Å². The Kier molecular flexibility index (Phi) is 5.15. The number of piperidine rings is 1. The van der Waals surface area contributed by atoms with Crippen molar-refractivity contribution in [2.45, 2.75) is 57.6 Å². The standard InChI is InChI=1S/C22H29N3O3/c1-15-17(16(2)28-24-15)8-9-21(26)23-19-14-22(10-12-25(3)13-11-22)27-20-7-5-4-6-18(19)20/h4-7,19H,8-14H2,1-3H3,(H,23,26)/p+1/t19-/m1/s1. The van der Waals surface area contributed by atoms with Crippen molar-refractivity contribution in [1.82, 2.24) is 10.5 Å². The lowest BCUT2D eigenvalue weighted by Gasteiger charge is -2.45. The molecule has 1 saturated heterocycles. The van der Waals surface area contributed by atoms with Crippen LogP contribution in [0.25, 0.3) is 0 Å². The Labute approximate surface area is 166 Å². The van der Waals surface area contributed by atoms with Gasteiger partial charge in [0.2, 0.25) is 5.91 Å². The third kappa shape index (κ3) is 3.78. The molecule has 0 radical (unpaired) electrons. The number of nitrogens with zero attached hydrogens (tertiary/aromatic N) is 1. The summed E-state index contributed by atoms with van der Waals surface area (Å²) in [6, 6.07) is 8.13. The van der Waals surface area contributed by atoms with Gasteiger partial charge in [-0.15, -0.1) is 0 Å². The number of quaternary nitrogens is 1. The van der Waals surface area contributed by atoms with Crippen LogP contribution in [0.15, 0.2) is 28.8 Å². The molecule has 4 rings (SSSR count). The Hall–Kier alpha value is -2.34. The zero-order valence-electron chi connectivity index (χ0n) is 17.0. The Morgan fingerprint density at radius 3 is 2.75 bits per heavy atom. The molecule has 2 N–H and O–H groups in total. The Bertz CT molecular complexity index is 833. The lowest BCUT2D eigenvalue weighted by molar-refractivity contribution is -0.887. The van der Waals surface area contributed by atoms with Gasteiger partial charge >= 0.3 is 0 Å². The molecule has 1 spiro atoms. The molecule has 2 aliphatic heterocycles. The summed E-state index contributed by atoms with van der Waals surface area (Å²) < 4.78 is 11.7. The predicted octanol–water partition coefficient (Wildman–Crippen LogP) is 1.91. The molecule has 150 valence electrons. The van der Waals surface area contributed by atoms with Gasteiger partial charge in [0.15, 0.2) is 0 Å². The monoisotopic (exact) mass is 384 g/mol. The fraction of sp³-hybridized carbons (Fsp3) is 0.545.